The van der Waals surface area contributed by atoms with Crippen molar-refractivity contribution in [1.82, 2.24) is 15.3 Å². The minimum absolute atomic E-state index is 0.0994. The van der Waals surface area contributed by atoms with E-state index in [2.05, 4.69) is 10.4 Å². The van der Waals surface area contributed by atoms with Crippen LogP contribution < -0.4 is 10.2 Å². The first-order chi connectivity index (χ1) is 13.6. The van der Waals surface area contributed by atoms with Crippen molar-refractivity contribution in [3.05, 3.63) is 34.5 Å². The molecule has 0 atom stereocenters. The predicted octanol–water partition coefficient (Wildman–Crippen LogP) is 2.99. The zero-order chi connectivity index (χ0) is 19.5. The molecule has 1 aromatic rings. The van der Waals surface area contributed by atoms with Crippen LogP contribution in [-0.2, 0) is 4.79 Å². The van der Waals surface area contributed by atoms with Gasteiger partial charge in [0.15, 0.2) is 5.17 Å². The van der Waals surface area contributed by atoms with E-state index in [1.807, 2.05) is 5.01 Å². The van der Waals surface area contributed by atoms with Crippen LogP contribution in [0.1, 0.15) is 31.2 Å². The summed E-state index contributed by atoms with van der Waals surface area (Å²) in [5, 5.41) is 2.49. The number of nitrogens with one attached hydrogen (secondary N) is 1. The number of nitrogens with zero attached hydrogens (tertiary/aromatic N) is 3. The number of ether oxygens (including phenoxy) is 1. The highest BCUT2D eigenvalue weighted by Crippen LogP contribution is 2.33. The standard InChI is InChI=1S/C19H21FN4O3S/c20-14-6-5-13(15(12-14)27-19(26)23-8-3-4-9-23)11-16-17(25)22-18(28-16)24-10-2-1-7-21-24/h5-6,11-12,21H,1-4,7-10H2. The van der Waals surface area contributed by atoms with Gasteiger partial charge in [0.05, 0.1) is 4.91 Å². The highest BCUT2D eigenvalue weighted by Gasteiger charge is 2.28. The van der Waals surface area contributed by atoms with Gasteiger partial charge in [0.1, 0.15) is 11.6 Å². The third kappa shape index (κ3) is 4.20. The van der Waals surface area contributed by atoms with E-state index < -0.39 is 11.9 Å². The molecule has 2 fully saturated rings. The first kappa shape index (κ1) is 18.9. The maximum Gasteiger partial charge on any atom is 0.415 e. The number of amides is 2. The quantitative estimate of drug-likeness (QED) is 0.764. The Kier molecular flexibility index (Phi) is 5.63. The number of aliphatic imine (C=N–C) groups is 1. The second kappa shape index (κ2) is 8.32. The summed E-state index contributed by atoms with van der Waals surface area (Å²) in [6.45, 7) is 2.92. The Balaban J connectivity index is 1.52. The lowest BCUT2D eigenvalue weighted by Gasteiger charge is -2.28. The lowest BCUT2D eigenvalue weighted by molar-refractivity contribution is -0.113. The fourth-order valence-corrected chi connectivity index (χ4v) is 4.19. The molecule has 2 saturated heterocycles. The second-order valence-corrected chi connectivity index (χ2v) is 7.83. The first-order valence-electron chi connectivity index (χ1n) is 9.40. The van der Waals surface area contributed by atoms with Gasteiger partial charge < -0.3 is 9.64 Å². The van der Waals surface area contributed by atoms with Gasteiger partial charge in [-0.2, -0.15) is 4.99 Å². The van der Waals surface area contributed by atoms with Crippen LogP contribution in [0.2, 0.25) is 0 Å². The van der Waals surface area contributed by atoms with Crippen molar-refractivity contribution in [3.8, 4) is 5.75 Å². The summed E-state index contributed by atoms with van der Waals surface area (Å²) in [6, 6.07) is 3.94. The Bertz CT molecular complexity index is 846. The average Bonchev–Trinajstić information content (AvgIpc) is 3.35. The van der Waals surface area contributed by atoms with E-state index in [9.17, 15) is 14.0 Å². The molecule has 28 heavy (non-hydrogen) atoms. The Morgan fingerprint density at radius 1 is 1.21 bits per heavy atom. The van der Waals surface area contributed by atoms with Crippen LogP contribution in [0.5, 0.6) is 5.75 Å². The number of rotatable bonds is 2. The molecule has 4 rings (SSSR count). The normalized spacial score (nSPS) is 21.4. The minimum Gasteiger partial charge on any atom is -0.409 e. The zero-order valence-electron chi connectivity index (χ0n) is 15.3. The Morgan fingerprint density at radius 3 is 2.75 bits per heavy atom. The highest BCUT2D eigenvalue weighted by molar-refractivity contribution is 8.18. The SMILES string of the molecule is O=C1N=C(N2CCCCN2)SC1=Cc1ccc(F)cc1OC(=O)N1CCCC1. The van der Waals surface area contributed by atoms with Gasteiger partial charge in [-0.25, -0.2) is 14.6 Å². The Hall–Kier alpha value is -2.39. The van der Waals surface area contributed by atoms with E-state index in [1.165, 1.54) is 30.0 Å². The maximum absolute atomic E-state index is 13.7. The predicted molar refractivity (Wildman–Crippen MR) is 105 cm³/mol. The van der Waals surface area contributed by atoms with Crippen molar-refractivity contribution in [2.24, 2.45) is 4.99 Å². The van der Waals surface area contributed by atoms with E-state index >= 15 is 0 Å². The lowest BCUT2D eigenvalue weighted by Crippen LogP contribution is -2.45. The van der Waals surface area contributed by atoms with E-state index in [-0.39, 0.29) is 11.7 Å². The van der Waals surface area contributed by atoms with Crippen molar-refractivity contribution in [1.29, 1.82) is 0 Å². The van der Waals surface area contributed by atoms with Crippen molar-refractivity contribution >= 4 is 35.0 Å². The monoisotopic (exact) mass is 404 g/mol. The van der Waals surface area contributed by atoms with Crippen molar-refractivity contribution < 1.29 is 18.7 Å². The van der Waals surface area contributed by atoms with Gasteiger partial charge in [0.2, 0.25) is 0 Å². The first-order valence-corrected chi connectivity index (χ1v) is 10.2. The van der Waals surface area contributed by atoms with Crippen molar-refractivity contribution in [3.63, 3.8) is 0 Å². The summed E-state index contributed by atoms with van der Waals surface area (Å²) in [7, 11) is 0. The number of hydrazine groups is 1. The van der Waals surface area contributed by atoms with Crippen LogP contribution in [0.4, 0.5) is 9.18 Å². The van der Waals surface area contributed by atoms with Gasteiger partial charge in [0.25, 0.3) is 5.91 Å². The van der Waals surface area contributed by atoms with E-state index in [4.69, 9.17) is 4.74 Å². The molecule has 0 radical (unpaired) electrons. The molecule has 0 saturated carbocycles. The summed E-state index contributed by atoms with van der Waals surface area (Å²) >= 11 is 1.26. The number of halogens is 1. The summed E-state index contributed by atoms with van der Waals surface area (Å²) in [4.78, 5) is 30.7. The van der Waals surface area contributed by atoms with Crippen LogP contribution >= 0.6 is 11.8 Å². The molecule has 3 aliphatic heterocycles. The lowest BCUT2D eigenvalue weighted by atomic mass is 10.2. The molecule has 0 aromatic heterocycles. The van der Waals surface area contributed by atoms with Gasteiger partial charge in [-0.3, -0.25) is 9.80 Å². The number of hydrogen-bond donors (Lipinski definition) is 1. The summed E-state index contributed by atoms with van der Waals surface area (Å²) in [5.74, 6) is -0.762. The minimum atomic E-state index is -0.508. The largest absolute Gasteiger partial charge is 0.415 e. The van der Waals surface area contributed by atoms with Crippen LogP contribution in [0.15, 0.2) is 28.1 Å². The molecule has 0 unspecified atom stereocenters. The van der Waals surface area contributed by atoms with Gasteiger partial charge in [-0.1, -0.05) is 0 Å². The molecule has 9 heteroatoms. The highest BCUT2D eigenvalue weighted by atomic mass is 32.2. The van der Waals surface area contributed by atoms with Gasteiger partial charge in [0, 0.05) is 37.8 Å². The maximum atomic E-state index is 13.7. The number of hydrogen-bond acceptors (Lipinski definition) is 6. The van der Waals surface area contributed by atoms with Crippen LogP contribution in [-0.4, -0.2) is 53.3 Å². The van der Waals surface area contributed by atoms with E-state index in [1.54, 1.807) is 11.0 Å². The zero-order valence-corrected chi connectivity index (χ0v) is 16.1. The third-order valence-corrected chi connectivity index (χ3v) is 5.78. The number of benzene rings is 1. The van der Waals surface area contributed by atoms with Crippen LogP contribution in [0.3, 0.4) is 0 Å². The Morgan fingerprint density at radius 2 is 2.00 bits per heavy atom. The molecule has 0 aliphatic carbocycles. The number of amidine groups is 1. The Labute approximate surface area is 166 Å². The molecular weight excluding hydrogens is 383 g/mol. The number of likely N-dealkylation sites (tertiary alicyclic amines) is 1. The number of carbonyl (C=O) groups is 2. The van der Waals surface area contributed by atoms with Gasteiger partial charge in [-0.15, -0.1) is 0 Å². The molecule has 0 spiro atoms. The molecule has 148 valence electrons. The number of thioether (sulfide) groups is 1. The molecular formula is C19H21FN4O3S. The molecule has 3 heterocycles. The number of carbonyl (C=O) groups excluding carboxylic acids is 2. The fourth-order valence-electron chi connectivity index (χ4n) is 3.28. The summed E-state index contributed by atoms with van der Waals surface area (Å²) in [6.07, 6.45) is 5.10. The smallest absolute Gasteiger partial charge is 0.409 e. The molecule has 1 aromatic carbocycles. The van der Waals surface area contributed by atoms with E-state index in [0.717, 1.165) is 38.8 Å². The van der Waals surface area contributed by atoms with Crippen LogP contribution in [0, 0.1) is 5.82 Å². The van der Waals surface area contributed by atoms with Crippen molar-refractivity contribution in [2.75, 3.05) is 26.2 Å². The van der Waals surface area contributed by atoms with Gasteiger partial charge >= 0.3 is 6.09 Å². The topological polar surface area (TPSA) is 74.2 Å². The second-order valence-electron chi connectivity index (χ2n) is 6.82. The molecule has 0 bridgehead atoms. The van der Waals surface area contributed by atoms with E-state index in [0.29, 0.717) is 28.7 Å². The van der Waals surface area contributed by atoms with Gasteiger partial charge in [-0.05, 0) is 55.7 Å². The summed E-state index contributed by atoms with van der Waals surface area (Å²) < 4.78 is 19.2. The van der Waals surface area contributed by atoms with Crippen molar-refractivity contribution in [2.45, 2.75) is 25.7 Å². The third-order valence-electron chi connectivity index (χ3n) is 4.78. The average molecular weight is 404 g/mol. The fraction of sp³-hybridized carbons (Fsp3) is 0.421. The summed E-state index contributed by atoms with van der Waals surface area (Å²) in [5.41, 5.74) is 3.69. The molecule has 2 amide bonds. The molecule has 7 nitrogen and oxygen atoms in total. The molecule has 1 N–H and O–H groups in total. The van der Waals surface area contributed by atoms with Crippen LogP contribution in [0.25, 0.3) is 6.08 Å². The molecule has 3 aliphatic rings.